The number of ether oxygens (including phenoxy) is 1. The lowest BCUT2D eigenvalue weighted by Crippen LogP contribution is -2.20. The van der Waals surface area contributed by atoms with Crippen LogP contribution in [0, 0.1) is 0 Å². The maximum atomic E-state index is 12.6. The van der Waals surface area contributed by atoms with E-state index in [0.717, 1.165) is 48.4 Å². The summed E-state index contributed by atoms with van der Waals surface area (Å²) in [5.41, 5.74) is 5.11. The Bertz CT molecular complexity index is 1060. The Labute approximate surface area is 191 Å². The summed E-state index contributed by atoms with van der Waals surface area (Å²) in [7, 11) is 0. The lowest BCUT2D eigenvalue weighted by atomic mass is 9.95. The number of thiocarbonyl (C=S) groups is 1. The average molecular weight is 452 g/mol. The molecule has 1 aliphatic rings. The molecule has 31 heavy (non-hydrogen) atoms. The predicted molar refractivity (Wildman–Crippen MR) is 130 cm³/mol. The standard InChI is InChI=1S/C24H25N3O2S2/c1-2-29-23(28)21-19-5-3-4-6-20(19)31-22(21)27-24(30)26-18-9-7-16(8-10-18)15-17-11-13-25-14-12-17/h7-14H,2-6,15H2,1H3,(H2,26,27,30). The summed E-state index contributed by atoms with van der Waals surface area (Å²) in [5.74, 6) is -0.271. The van der Waals surface area contributed by atoms with Crippen molar-refractivity contribution >= 4 is 45.3 Å². The summed E-state index contributed by atoms with van der Waals surface area (Å²) in [5, 5.41) is 7.71. The third-order valence-electron chi connectivity index (χ3n) is 5.25. The van der Waals surface area contributed by atoms with E-state index in [2.05, 4.69) is 27.8 Å². The van der Waals surface area contributed by atoms with Crippen molar-refractivity contribution in [3.63, 3.8) is 0 Å². The molecule has 1 aromatic carbocycles. The quantitative estimate of drug-likeness (QED) is 0.376. The smallest absolute Gasteiger partial charge is 0.341 e. The number of rotatable bonds is 6. The molecule has 5 nitrogen and oxygen atoms in total. The van der Waals surface area contributed by atoms with Gasteiger partial charge in [0.2, 0.25) is 0 Å². The van der Waals surface area contributed by atoms with Crippen LogP contribution in [-0.4, -0.2) is 22.7 Å². The van der Waals surface area contributed by atoms with Gasteiger partial charge in [-0.1, -0.05) is 12.1 Å². The highest BCUT2D eigenvalue weighted by molar-refractivity contribution is 7.80. The Morgan fingerprint density at radius 1 is 1.06 bits per heavy atom. The molecule has 0 radical (unpaired) electrons. The third kappa shape index (κ3) is 5.29. The summed E-state index contributed by atoms with van der Waals surface area (Å²) in [4.78, 5) is 17.9. The molecule has 160 valence electrons. The van der Waals surface area contributed by atoms with Gasteiger partial charge >= 0.3 is 5.97 Å². The number of fused-ring (bicyclic) bond motifs is 1. The second-order valence-corrected chi connectivity index (χ2v) is 8.96. The number of hydrogen-bond acceptors (Lipinski definition) is 5. The first-order chi connectivity index (χ1) is 15.1. The molecule has 0 aliphatic heterocycles. The van der Waals surface area contributed by atoms with Crippen molar-refractivity contribution in [1.29, 1.82) is 0 Å². The number of thiophene rings is 1. The van der Waals surface area contributed by atoms with Gasteiger partial charge in [0, 0.05) is 23.0 Å². The van der Waals surface area contributed by atoms with E-state index in [-0.39, 0.29) is 5.97 Å². The molecule has 2 heterocycles. The Balaban J connectivity index is 1.44. The van der Waals surface area contributed by atoms with Crippen LogP contribution < -0.4 is 10.6 Å². The number of anilines is 2. The van der Waals surface area contributed by atoms with Crippen molar-refractivity contribution < 1.29 is 9.53 Å². The molecule has 0 fully saturated rings. The van der Waals surface area contributed by atoms with Crippen LogP contribution in [0.1, 0.15) is 51.7 Å². The minimum absolute atomic E-state index is 0.271. The number of benzene rings is 1. The topological polar surface area (TPSA) is 63.2 Å². The zero-order valence-electron chi connectivity index (χ0n) is 17.4. The van der Waals surface area contributed by atoms with Gasteiger partial charge in [-0.2, -0.15) is 0 Å². The number of aryl methyl sites for hydroxylation is 1. The van der Waals surface area contributed by atoms with Crippen molar-refractivity contribution in [1.82, 2.24) is 4.98 Å². The highest BCUT2D eigenvalue weighted by Gasteiger charge is 2.26. The van der Waals surface area contributed by atoms with Crippen molar-refractivity contribution in [2.24, 2.45) is 0 Å². The highest BCUT2D eigenvalue weighted by Crippen LogP contribution is 2.38. The summed E-state index contributed by atoms with van der Waals surface area (Å²) >= 11 is 7.15. The van der Waals surface area contributed by atoms with Crippen molar-refractivity contribution in [3.05, 3.63) is 75.9 Å². The number of carbonyl (C=O) groups is 1. The van der Waals surface area contributed by atoms with E-state index in [4.69, 9.17) is 17.0 Å². The number of pyridine rings is 1. The molecule has 0 saturated carbocycles. The first kappa shape index (κ1) is 21.5. The van der Waals surface area contributed by atoms with Crippen molar-refractivity contribution in [2.75, 3.05) is 17.2 Å². The first-order valence-electron chi connectivity index (χ1n) is 10.5. The average Bonchev–Trinajstić information content (AvgIpc) is 3.13. The number of nitrogens with one attached hydrogen (secondary N) is 2. The van der Waals surface area contributed by atoms with E-state index in [9.17, 15) is 4.79 Å². The zero-order valence-corrected chi connectivity index (χ0v) is 19.1. The van der Waals surface area contributed by atoms with Crippen LogP contribution >= 0.6 is 23.6 Å². The summed E-state index contributed by atoms with van der Waals surface area (Å²) in [6.07, 6.45) is 8.65. The van der Waals surface area contributed by atoms with Gasteiger partial charge in [-0.25, -0.2) is 4.79 Å². The highest BCUT2D eigenvalue weighted by atomic mass is 32.1. The van der Waals surface area contributed by atoms with Gasteiger partial charge in [0.15, 0.2) is 5.11 Å². The largest absolute Gasteiger partial charge is 0.462 e. The van der Waals surface area contributed by atoms with E-state index in [1.165, 1.54) is 16.0 Å². The van der Waals surface area contributed by atoms with E-state index < -0.39 is 0 Å². The van der Waals surface area contributed by atoms with Crippen molar-refractivity contribution in [3.8, 4) is 0 Å². The Morgan fingerprint density at radius 2 is 1.77 bits per heavy atom. The number of aromatic nitrogens is 1. The first-order valence-corrected chi connectivity index (χ1v) is 11.7. The van der Waals surface area contributed by atoms with E-state index in [0.29, 0.717) is 17.3 Å². The number of carbonyl (C=O) groups excluding carboxylic acids is 1. The third-order valence-corrected chi connectivity index (χ3v) is 6.66. The molecule has 0 saturated heterocycles. The molecular formula is C24H25N3O2S2. The molecule has 4 rings (SSSR count). The van der Waals surface area contributed by atoms with Crippen LogP contribution in [0.4, 0.5) is 10.7 Å². The Morgan fingerprint density at radius 3 is 2.52 bits per heavy atom. The summed E-state index contributed by atoms with van der Waals surface area (Å²) in [6.45, 7) is 2.19. The second-order valence-electron chi connectivity index (χ2n) is 7.44. The summed E-state index contributed by atoms with van der Waals surface area (Å²) < 4.78 is 5.32. The van der Waals surface area contributed by atoms with Crippen LogP contribution in [0.3, 0.4) is 0 Å². The van der Waals surface area contributed by atoms with Crippen LogP contribution in [0.5, 0.6) is 0 Å². The molecule has 1 aliphatic carbocycles. The zero-order chi connectivity index (χ0) is 21.6. The van der Waals surface area contributed by atoms with Gasteiger partial charge in [0.05, 0.1) is 12.2 Å². The molecule has 0 bridgehead atoms. The van der Waals surface area contributed by atoms with Crippen molar-refractivity contribution in [2.45, 2.75) is 39.0 Å². The molecule has 2 N–H and O–H groups in total. The van der Waals surface area contributed by atoms with Crippen LogP contribution in [0.2, 0.25) is 0 Å². The molecule has 7 heteroatoms. The van der Waals surface area contributed by atoms with E-state index in [1.807, 2.05) is 43.6 Å². The fraction of sp³-hybridized carbons (Fsp3) is 0.292. The molecule has 0 amide bonds. The Kier molecular flexibility index (Phi) is 6.94. The normalized spacial score (nSPS) is 12.7. The van der Waals surface area contributed by atoms with Gasteiger partial charge in [-0.3, -0.25) is 4.98 Å². The lowest BCUT2D eigenvalue weighted by Gasteiger charge is -2.13. The molecule has 0 atom stereocenters. The lowest BCUT2D eigenvalue weighted by molar-refractivity contribution is 0.0526. The molecular weight excluding hydrogens is 426 g/mol. The minimum Gasteiger partial charge on any atom is -0.462 e. The van der Waals surface area contributed by atoms with E-state index in [1.54, 1.807) is 11.3 Å². The SMILES string of the molecule is CCOC(=O)c1c(NC(=S)Nc2ccc(Cc3ccncc3)cc2)sc2c1CCCC2. The van der Waals surface area contributed by atoms with Gasteiger partial charge < -0.3 is 15.4 Å². The maximum Gasteiger partial charge on any atom is 0.341 e. The molecule has 0 spiro atoms. The Hall–Kier alpha value is -2.77. The fourth-order valence-corrected chi connectivity index (χ4v) is 5.35. The van der Waals surface area contributed by atoms with E-state index >= 15 is 0 Å². The van der Waals surface area contributed by atoms with Gasteiger partial charge in [0.1, 0.15) is 5.00 Å². The minimum atomic E-state index is -0.271. The molecule has 2 aromatic heterocycles. The maximum absolute atomic E-state index is 12.6. The monoisotopic (exact) mass is 451 g/mol. The second kappa shape index (κ2) is 10.0. The van der Waals surface area contributed by atoms with Crippen LogP contribution in [0.15, 0.2) is 48.8 Å². The van der Waals surface area contributed by atoms with Crippen LogP contribution in [0.25, 0.3) is 0 Å². The predicted octanol–water partition coefficient (Wildman–Crippen LogP) is 5.60. The summed E-state index contributed by atoms with van der Waals surface area (Å²) in [6, 6.07) is 12.2. The fourth-order valence-electron chi connectivity index (χ4n) is 3.78. The number of nitrogens with zero attached hydrogens (tertiary/aromatic N) is 1. The number of esters is 1. The molecule has 3 aromatic rings. The van der Waals surface area contributed by atoms with Gasteiger partial charge in [-0.05, 0) is 92.2 Å². The van der Waals surface area contributed by atoms with Gasteiger partial charge in [0.25, 0.3) is 0 Å². The molecule has 0 unspecified atom stereocenters. The van der Waals surface area contributed by atoms with Crippen LogP contribution in [-0.2, 0) is 24.0 Å². The van der Waals surface area contributed by atoms with Gasteiger partial charge in [-0.15, -0.1) is 11.3 Å². The number of hydrogen-bond donors (Lipinski definition) is 2.